The number of rotatable bonds is 5. The topological polar surface area (TPSA) is 66.9 Å². The van der Waals surface area contributed by atoms with Crippen LogP contribution in [0.1, 0.15) is 40.1 Å². The number of hydrogen-bond donors (Lipinski definition) is 2. The van der Waals surface area contributed by atoms with E-state index in [0.29, 0.717) is 11.5 Å². The van der Waals surface area contributed by atoms with Crippen LogP contribution in [0.4, 0.5) is 11.5 Å². The standard InChI is InChI=1S/C21H22N4O/c1-14-9-15(2)11-18(10-14)25-20-13-22-19(12-23-20)21(26)24-16(3)17-7-5-4-6-8-17/h4-13,16H,1-3H3,(H,23,25)(H,24,26). The van der Waals surface area contributed by atoms with E-state index in [2.05, 4.69) is 26.7 Å². The molecule has 0 saturated carbocycles. The molecule has 0 radical (unpaired) electrons. The average Bonchev–Trinajstić information content (AvgIpc) is 2.62. The predicted octanol–water partition coefficient (Wildman–Crippen LogP) is 4.33. The lowest BCUT2D eigenvalue weighted by atomic mass is 10.1. The number of hydrogen-bond acceptors (Lipinski definition) is 4. The van der Waals surface area contributed by atoms with Crippen molar-refractivity contribution in [2.45, 2.75) is 26.8 Å². The van der Waals surface area contributed by atoms with Crippen LogP contribution in [0, 0.1) is 13.8 Å². The van der Waals surface area contributed by atoms with Crippen molar-refractivity contribution in [1.29, 1.82) is 0 Å². The van der Waals surface area contributed by atoms with Gasteiger partial charge in [0.2, 0.25) is 0 Å². The predicted molar refractivity (Wildman–Crippen MR) is 104 cm³/mol. The minimum atomic E-state index is -0.244. The molecule has 0 spiro atoms. The lowest BCUT2D eigenvalue weighted by Crippen LogP contribution is -2.27. The molecule has 1 atom stereocenters. The molecule has 1 aromatic heterocycles. The number of carbonyl (C=O) groups excluding carboxylic acids is 1. The maximum absolute atomic E-state index is 12.4. The number of carbonyl (C=O) groups is 1. The van der Waals surface area contributed by atoms with Crippen LogP contribution < -0.4 is 10.6 Å². The summed E-state index contributed by atoms with van der Waals surface area (Å²) in [6.07, 6.45) is 3.05. The molecule has 5 heteroatoms. The summed E-state index contributed by atoms with van der Waals surface area (Å²) < 4.78 is 0. The second-order valence-electron chi connectivity index (χ2n) is 6.39. The Balaban J connectivity index is 1.66. The summed E-state index contributed by atoms with van der Waals surface area (Å²) in [6, 6.07) is 15.9. The fourth-order valence-electron chi connectivity index (χ4n) is 2.80. The minimum absolute atomic E-state index is 0.0985. The van der Waals surface area contributed by atoms with E-state index in [9.17, 15) is 4.79 Å². The van der Waals surface area contributed by atoms with E-state index in [4.69, 9.17) is 0 Å². The molecule has 5 nitrogen and oxygen atoms in total. The van der Waals surface area contributed by atoms with Crippen molar-refractivity contribution >= 4 is 17.4 Å². The van der Waals surface area contributed by atoms with Crippen LogP contribution in [0.2, 0.25) is 0 Å². The van der Waals surface area contributed by atoms with Gasteiger partial charge in [-0.15, -0.1) is 0 Å². The molecule has 1 unspecified atom stereocenters. The normalized spacial score (nSPS) is 11.7. The van der Waals surface area contributed by atoms with Gasteiger partial charge in [-0.25, -0.2) is 9.97 Å². The largest absolute Gasteiger partial charge is 0.344 e. The first-order valence-corrected chi connectivity index (χ1v) is 8.54. The molecule has 0 aliphatic carbocycles. The van der Waals surface area contributed by atoms with Crippen molar-refractivity contribution in [3.63, 3.8) is 0 Å². The molecule has 3 aromatic rings. The Labute approximate surface area is 153 Å². The molecule has 0 aliphatic heterocycles. The van der Waals surface area contributed by atoms with Gasteiger partial charge in [0.05, 0.1) is 18.4 Å². The van der Waals surface area contributed by atoms with Crippen LogP contribution in [0.5, 0.6) is 0 Å². The third kappa shape index (κ3) is 4.45. The minimum Gasteiger partial charge on any atom is -0.344 e. The monoisotopic (exact) mass is 346 g/mol. The highest BCUT2D eigenvalue weighted by Crippen LogP contribution is 2.18. The summed E-state index contributed by atoms with van der Waals surface area (Å²) in [5.41, 5.74) is 4.63. The fraction of sp³-hybridized carbons (Fsp3) is 0.190. The van der Waals surface area contributed by atoms with Gasteiger partial charge in [-0.05, 0) is 49.6 Å². The first-order valence-electron chi connectivity index (χ1n) is 8.54. The third-order valence-corrected chi connectivity index (χ3v) is 4.03. The van der Waals surface area contributed by atoms with Gasteiger partial charge in [0.15, 0.2) is 0 Å². The van der Waals surface area contributed by atoms with Crippen molar-refractivity contribution in [3.8, 4) is 0 Å². The fourth-order valence-corrected chi connectivity index (χ4v) is 2.80. The number of amides is 1. The van der Waals surface area contributed by atoms with Crippen molar-refractivity contribution < 1.29 is 4.79 Å². The summed E-state index contributed by atoms with van der Waals surface area (Å²) in [5, 5.41) is 6.15. The Hall–Kier alpha value is -3.21. The molecule has 0 bridgehead atoms. The number of nitrogens with zero attached hydrogens (tertiary/aromatic N) is 2. The molecular formula is C21H22N4O. The van der Waals surface area contributed by atoms with Crippen LogP contribution >= 0.6 is 0 Å². The summed E-state index contributed by atoms with van der Waals surface area (Å²) in [5.74, 6) is 0.356. The van der Waals surface area contributed by atoms with Crippen molar-refractivity contribution in [2.75, 3.05) is 5.32 Å². The van der Waals surface area contributed by atoms with Crippen LogP contribution in [-0.2, 0) is 0 Å². The van der Waals surface area contributed by atoms with Crippen molar-refractivity contribution in [3.05, 3.63) is 83.3 Å². The molecule has 0 aliphatic rings. The molecular weight excluding hydrogens is 324 g/mol. The van der Waals surface area contributed by atoms with Crippen LogP contribution in [0.15, 0.2) is 60.9 Å². The first-order chi connectivity index (χ1) is 12.5. The van der Waals surface area contributed by atoms with Gasteiger partial charge in [0.1, 0.15) is 11.5 Å². The van der Waals surface area contributed by atoms with E-state index in [1.165, 1.54) is 17.3 Å². The molecule has 1 heterocycles. The summed E-state index contributed by atoms with van der Waals surface area (Å²) in [4.78, 5) is 20.9. The smallest absolute Gasteiger partial charge is 0.271 e. The highest BCUT2D eigenvalue weighted by atomic mass is 16.1. The molecule has 0 fully saturated rings. The zero-order valence-electron chi connectivity index (χ0n) is 15.2. The van der Waals surface area contributed by atoms with E-state index in [1.807, 2.05) is 63.2 Å². The Morgan fingerprint density at radius 1 is 0.962 bits per heavy atom. The van der Waals surface area contributed by atoms with E-state index in [-0.39, 0.29) is 11.9 Å². The molecule has 3 rings (SSSR count). The van der Waals surface area contributed by atoms with Crippen LogP contribution in [0.25, 0.3) is 0 Å². The Bertz CT molecular complexity index is 871. The van der Waals surface area contributed by atoms with Crippen molar-refractivity contribution in [1.82, 2.24) is 15.3 Å². The highest BCUT2D eigenvalue weighted by molar-refractivity contribution is 5.92. The van der Waals surface area contributed by atoms with Crippen molar-refractivity contribution in [2.24, 2.45) is 0 Å². The lowest BCUT2D eigenvalue weighted by Gasteiger charge is -2.14. The second-order valence-corrected chi connectivity index (χ2v) is 6.39. The Kier molecular flexibility index (Phi) is 5.27. The van der Waals surface area contributed by atoms with E-state index in [0.717, 1.165) is 11.3 Å². The van der Waals surface area contributed by atoms with E-state index < -0.39 is 0 Å². The van der Waals surface area contributed by atoms with Gasteiger partial charge in [-0.1, -0.05) is 36.4 Å². The average molecular weight is 346 g/mol. The van der Waals surface area contributed by atoms with Gasteiger partial charge in [-0.3, -0.25) is 4.79 Å². The molecule has 26 heavy (non-hydrogen) atoms. The van der Waals surface area contributed by atoms with Gasteiger partial charge in [0, 0.05) is 5.69 Å². The maximum Gasteiger partial charge on any atom is 0.271 e. The zero-order chi connectivity index (χ0) is 18.5. The number of anilines is 2. The number of benzene rings is 2. The first kappa shape index (κ1) is 17.6. The van der Waals surface area contributed by atoms with Gasteiger partial charge in [-0.2, -0.15) is 0 Å². The quantitative estimate of drug-likeness (QED) is 0.722. The van der Waals surface area contributed by atoms with E-state index >= 15 is 0 Å². The molecule has 2 N–H and O–H groups in total. The summed E-state index contributed by atoms with van der Waals surface area (Å²) in [7, 11) is 0. The highest BCUT2D eigenvalue weighted by Gasteiger charge is 2.13. The van der Waals surface area contributed by atoms with Gasteiger partial charge >= 0.3 is 0 Å². The van der Waals surface area contributed by atoms with Gasteiger partial charge < -0.3 is 10.6 Å². The molecule has 132 valence electrons. The molecule has 0 saturated heterocycles. The van der Waals surface area contributed by atoms with Crippen LogP contribution in [0.3, 0.4) is 0 Å². The maximum atomic E-state index is 12.4. The molecule has 2 aromatic carbocycles. The third-order valence-electron chi connectivity index (χ3n) is 4.03. The SMILES string of the molecule is Cc1cc(C)cc(Nc2cnc(C(=O)NC(C)c3ccccc3)cn2)c1. The van der Waals surface area contributed by atoms with Gasteiger partial charge in [0.25, 0.3) is 5.91 Å². The zero-order valence-corrected chi connectivity index (χ0v) is 15.2. The second kappa shape index (κ2) is 7.78. The van der Waals surface area contributed by atoms with E-state index in [1.54, 1.807) is 6.20 Å². The summed E-state index contributed by atoms with van der Waals surface area (Å²) >= 11 is 0. The number of aryl methyl sites for hydroxylation is 2. The number of aromatic nitrogens is 2. The van der Waals surface area contributed by atoms with Crippen LogP contribution in [-0.4, -0.2) is 15.9 Å². The number of nitrogens with one attached hydrogen (secondary N) is 2. The summed E-state index contributed by atoms with van der Waals surface area (Å²) in [6.45, 7) is 6.03. The molecule has 1 amide bonds. The Morgan fingerprint density at radius 3 is 2.27 bits per heavy atom. The lowest BCUT2D eigenvalue weighted by molar-refractivity contribution is 0.0934. The Morgan fingerprint density at radius 2 is 1.65 bits per heavy atom.